The largest absolute Gasteiger partial charge is 0.281 e. The lowest BCUT2D eigenvalue weighted by Gasteiger charge is -2.03. The lowest BCUT2D eigenvalue weighted by Crippen LogP contribution is -2.07. The van der Waals surface area contributed by atoms with Gasteiger partial charge in [0.15, 0.2) is 9.84 Å². The lowest BCUT2D eigenvalue weighted by atomic mass is 10.2. The maximum atomic E-state index is 11.8. The van der Waals surface area contributed by atoms with Crippen molar-refractivity contribution < 1.29 is 13.2 Å². The quantitative estimate of drug-likeness (QED) is 0.764. The summed E-state index contributed by atoms with van der Waals surface area (Å²) in [5.74, 6) is -0.0471. The van der Waals surface area contributed by atoms with Crippen molar-refractivity contribution in [2.45, 2.75) is 24.7 Å². The van der Waals surface area contributed by atoms with Crippen LogP contribution in [0.3, 0.4) is 0 Å². The molecule has 0 saturated carbocycles. The molecular formula is C11H13ClO3S. The molecule has 16 heavy (non-hydrogen) atoms. The summed E-state index contributed by atoms with van der Waals surface area (Å²) in [6.45, 7) is 1.89. The summed E-state index contributed by atoms with van der Waals surface area (Å²) in [5.41, 5.74) is 1.01. The molecule has 0 fully saturated rings. The van der Waals surface area contributed by atoms with Crippen LogP contribution in [0.4, 0.5) is 0 Å². The normalized spacial score (nSPS) is 11.4. The van der Waals surface area contributed by atoms with Crippen molar-refractivity contribution in [2.75, 3.05) is 5.75 Å². The smallest absolute Gasteiger partial charge is 0.221 e. The van der Waals surface area contributed by atoms with Gasteiger partial charge in [-0.2, -0.15) is 0 Å². The summed E-state index contributed by atoms with van der Waals surface area (Å²) in [6, 6.07) is 6.65. The molecule has 0 N–H and O–H groups in total. The monoisotopic (exact) mass is 260 g/mol. The average Bonchev–Trinajstić information content (AvgIpc) is 2.17. The number of carbonyl (C=O) groups is 1. The summed E-state index contributed by atoms with van der Waals surface area (Å²) < 4.78 is 23.5. The first kappa shape index (κ1) is 13.2. The van der Waals surface area contributed by atoms with Gasteiger partial charge >= 0.3 is 0 Å². The number of carbonyl (C=O) groups excluding carboxylic acids is 1. The molecule has 3 nitrogen and oxygen atoms in total. The van der Waals surface area contributed by atoms with Gasteiger partial charge in [-0.25, -0.2) is 8.42 Å². The molecular weight excluding hydrogens is 248 g/mol. The van der Waals surface area contributed by atoms with E-state index >= 15 is 0 Å². The van der Waals surface area contributed by atoms with E-state index in [9.17, 15) is 13.2 Å². The van der Waals surface area contributed by atoms with E-state index in [1.165, 1.54) is 0 Å². The molecule has 0 bridgehead atoms. The molecule has 1 aromatic carbocycles. The van der Waals surface area contributed by atoms with Gasteiger partial charge in [0.25, 0.3) is 0 Å². The Labute approximate surface area is 100 Å². The average molecular weight is 261 g/mol. The molecule has 1 rings (SSSR count). The van der Waals surface area contributed by atoms with E-state index in [0.29, 0.717) is 4.90 Å². The third-order valence-electron chi connectivity index (χ3n) is 2.17. The minimum atomic E-state index is -3.28. The first-order valence-electron chi connectivity index (χ1n) is 4.89. The fourth-order valence-electron chi connectivity index (χ4n) is 1.26. The van der Waals surface area contributed by atoms with Crippen LogP contribution in [0.25, 0.3) is 0 Å². The molecule has 0 aromatic heterocycles. The topological polar surface area (TPSA) is 51.2 Å². The maximum absolute atomic E-state index is 11.8. The Morgan fingerprint density at radius 2 is 1.81 bits per heavy atom. The minimum absolute atomic E-state index is 0.0471. The third kappa shape index (κ3) is 3.94. The van der Waals surface area contributed by atoms with Gasteiger partial charge in [-0.05, 0) is 37.1 Å². The summed E-state index contributed by atoms with van der Waals surface area (Å²) in [4.78, 5) is 10.8. The summed E-state index contributed by atoms with van der Waals surface area (Å²) >= 11 is 5.14. The maximum Gasteiger partial charge on any atom is 0.221 e. The van der Waals surface area contributed by atoms with Gasteiger partial charge in [-0.3, -0.25) is 4.79 Å². The summed E-state index contributed by atoms with van der Waals surface area (Å²) in [7, 11) is -3.28. The van der Waals surface area contributed by atoms with E-state index in [4.69, 9.17) is 11.6 Å². The van der Waals surface area contributed by atoms with Gasteiger partial charge < -0.3 is 0 Å². The molecule has 0 aliphatic carbocycles. The highest BCUT2D eigenvalue weighted by molar-refractivity contribution is 7.91. The molecule has 0 saturated heterocycles. The Balaban J connectivity index is 2.71. The number of aryl methyl sites for hydroxylation is 1. The third-order valence-corrected chi connectivity index (χ3v) is 4.17. The van der Waals surface area contributed by atoms with Crippen molar-refractivity contribution >= 4 is 26.7 Å². The highest BCUT2D eigenvalue weighted by Crippen LogP contribution is 2.13. The van der Waals surface area contributed by atoms with Crippen molar-refractivity contribution in [1.29, 1.82) is 0 Å². The van der Waals surface area contributed by atoms with E-state index < -0.39 is 15.1 Å². The van der Waals surface area contributed by atoms with Crippen molar-refractivity contribution in [3.63, 3.8) is 0 Å². The van der Waals surface area contributed by atoms with Gasteiger partial charge in [-0.15, -0.1) is 0 Å². The van der Waals surface area contributed by atoms with Crippen LogP contribution >= 0.6 is 11.6 Å². The number of halogens is 1. The first-order chi connectivity index (χ1) is 7.42. The zero-order valence-electron chi connectivity index (χ0n) is 8.94. The van der Waals surface area contributed by atoms with E-state index in [1.54, 1.807) is 24.3 Å². The molecule has 0 spiro atoms. The van der Waals surface area contributed by atoms with Crippen molar-refractivity contribution in [2.24, 2.45) is 0 Å². The molecule has 1 aromatic rings. The SMILES string of the molecule is Cc1ccc(S(=O)(=O)CCCC(=O)Cl)cc1. The second kappa shape index (κ2) is 5.46. The van der Waals surface area contributed by atoms with Crippen LogP contribution < -0.4 is 0 Å². The Hall–Kier alpha value is -0.870. The van der Waals surface area contributed by atoms with Crippen LogP contribution in [-0.2, 0) is 14.6 Å². The van der Waals surface area contributed by atoms with Crippen LogP contribution in [0.2, 0.25) is 0 Å². The highest BCUT2D eigenvalue weighted by atomic mass is 35.5. The van der Waals surface area contributed by atoms with E-state index in [2.05, 4.69) is 0 Å². The van der Waals surface area contributed by atoms with E-state index in [-0.39, 0.29) is 18.6 Å². The van der Waals surface area contributed by atoms with Gasteiger partial charge in [-0.1, -0.05) is 17.7 Å². The van der Waals surface area contributed by atoms with Crippen molar-refractivity contribution in [3.05, 3.63) is 29.8 Å². The van der Waals surface area contributed by atoms with E-state index in [1.807, 2.05) is 6.92 Å². The fourth-order valence-corrected chi connectivity index (χ4v) is 2.71. The van der Waals surface area contributed by atoms with Gasteiger partial charge in [0.1, 0.15) is 0 Å². The molecule has 0 atom stereocenters. The van der Waals surface area contributed by atoms with Gasteiger partial charge in [0, 0.05) is 6.42 Å². The van der Waals surface area contributed by atoms with Gasteiger partial charge in [0.05, 0.1) is 10.6 Å². The van der Waals surface area contributed by atoms with Crippen LogP contribution in [0.5, 0.6) is 0 Å². The zero-order chi connectivity index (χ0) is 12.2. The predicted molar refractivity (Wildman–Crippen MR) is 63.3 cm³/mol. The molecule has 0 aliphatic heterocycles. The van der Waals surface area contributed by atoms with Gasteiger partial charge in [0.2, 0.25) is 5.24 Å². The number of benzene rings is 1. The van der Waals surface area contributed by atoms with Crippen molar-refractivity contribution in [1.82, 2.24) is 0 Å². The number of rotatable bonds is 5. The molecule has 0 amide bonds. The first-order valence-corrected chi connectivity index (χ1v) is 6.92. The molecule has 0 aliphatic rings. The molecule has 0 heterocycles. The molecule has 0 radical (unpaired) electrons. The Kier molecular flexibility index (Phi) is 4.50. The number of hydrogen-bond acceptors (Lipinski definition) is 3. The highest BCUT2D eigenvalue weighted by Gasteiger charge is 2.14. The second-order valence-corrected chi connectivity index (χ2v) is 6.12. The van der Waals surface area contributed by atoms with Crippen LogP contribution in [-0.4, -0.2) is 19.4 Å². The zero-order valence-corrected chi connectivity index (χ0v) is 10.5. The number of hydrogen-bond donors (Lipinski definition) is 0. The Morgan fingerprint density at radius 1 is 1.25 bits per heavy atom. The van der Waals surface area contributed by atoms with Crippen LogP contribution in [0.15, 0.2) is 29.2 Å². The Bertz CT molecular complexity index is 463. The second-order valence-electron chi connectivity index (χ2n) is 3.59. The Morgan fingerprint density at radius 3 is 2.31 bits per heavy atom. The fraction of sp³-hybridized carbons (Fsp3) is 0.364. The lowest BCUT2D eigenvalue weighted by molar-refractivity contribution is -0.111. The minimum Gasteiger partial charge on any atom is -0.281 e. The van der Waals surface area contributed by atoms with Crippen LogP contribution in [0.1, 0.15) is 18.4 Å². The summed E-state index contributed by atoms with van der Waals surface area (Å²) in [5, 5.41) is -0.501. The van der Waals surface area contributed by atoms with Crippen molar-refractivity contribution in [3.8, 4) is 0 Å². The summed E-state index contributed by atoms with van der Waals surface area (Å²) in [6.07, 6.45) is 0.352. The van der Waals surface area contributed by atoms with E-state index in [0.717, 1.165) is 5.56 Å². The van der Waals surface area contributed by atoms with Crippen LogP contribution in [0, 0.1) is 6.92 Å². The molecule has 5 heteroatoms. The predicted octanol–water partition coefficient (Wildman–Crippen LogP) is 2.31. The molecule has 88 valence electrons. The molecule has 0 unspecified atom stereocenters. The number of sulfone groups is 1. The standard InChI is InChI=1S/C11H13ClO3S/c1-9-4-6-10(7-5-9)16(14,15)8-2-3-11(12)13/h4-7H,2-3,8H2,1H3.